The van der Waals surface area contributed by atoms with E-state index in [0.717, 1.165) is 6.20 Å². The van der Waals surface area contributed by atoms with Crippen molar-refractivity contribution in [2.24, 2.45) is 0 Å². The molecule has 0 bridgehead atoms. The van der Waals surface area contributed by atoms with E-state index in [1.807, 2.05) is 0 Å². The number of nitrogens with zero attached hydrogens (tertiary/aromatic N) is 2. The standard InChI is InChI=1S/C8H6FN3O/c9-5-1-2-6(11-3-5)7-4-12-8(10)13-7/h1-4H,(H2,10,12). The van der Waals surface area contributed by atoms with E-state index >= 15 is 0 Å². The maximum atomic E-state index is 12.5. The summed E-state index contributed by atoms with van der Waals surface area (Å²) in [4.78, 5) is 7.49. The molecule has 66 valence electrons. The predicted octanol–water partition coefficient (Wildman–Crippen LogP) is 1.46. The average Bonchev–Trinajstić information content (AvgIpc) is 2.53. The van der Waals surface area contributed by atoms with Crippen LogP contribution in [0.4, 0.5) is 10.4 Å². The SMILES string of the molecule is Nc1ncc(-c2ccc(F)cn2)o1. The lowest BCUT2D eigenvalue weighted by atomic mass is 10.3. The van der Waals surface area contributed by atoms with Gasteiger partial charge in [-0.05, 0) is 12.1 Å². The first kappa shape index (κ1) is 7.72. The zero-order valence-electron chi connectivity index (χ0n) is 6.57. The van der Waals surface area contributed by atoms with Crippen molar-refractivity contribution in [1.82, 2.24) is 9.97 Å². The van der Waals surface area contributed by atoms with Crippen molar-refractivity contribution in [3.05, 3.63) is 30.3 Å². The molecule has 5 heteroatoms. The van der Waals surface area contributed by atoms with Crippen LogP contribution in [-0.2, 0) is 0 Å². The predicted molar refractivity (Wildman–Crippen MR) is 44.1 cm³/mol. The highest BCUT2D eigenvalue weighted by Crippen LogP contribution is 2.18. The van der Waals surface area contributed by atoms with Gasteiger partial charge in [0.05, 0.1) is 12.4 Å². The first-order chi connectivity index (χ1) is 6.25. The molecule has 0 aliphatic rings. The van der Waals surface area contributed by atoms with Gasteiger partial charge in [-0.1, -0.05) is 0 Å². The van der Waals surface area contributed by atoms with Gasteiger partial charge in [0.1, 0.15) is 11.5 Å². The molecule has 0 spiro atoms. The van der Waals surface area contributed by atoms with Gasteiger partial charge in [-0.2, -0.15) is 0 Å². The maximum Gasteiger partial charge on any atom is 0.292 e. The Hall–Kier alpha value is -1.91. The number of nitrogen functional groups attached to an aromatic ring is 1. The number of nitrogens with two attached hydrogens (primary N) is 1. The Morgan fingerprint density at radius 3 is 2.62 bits per heavy atom. The molecule has 0 atom stereocenters. The molecule has 0 amide bonds. The summed E-state index contributed by atoms with van der Waals surface area (Å²) < 4.78 is 17.5. The summed E-state index contributed by atoms with van der Waals surface area (Å²) >= 11 is 0. The molecule has 0 fully saturated rings. The quantitative estimate of drug-likeness (QED) is 0.719. The van der Waals surface area contributed by atoms with E-state index in [4.69, 9.17) is 10.2 Å². The van der Waals surface area contributed by atoms with Crippen molar-refractivity contribution >= 4 is 6.01 Å². The third-order valence-corrected chi connectivity index (χ3v) is 1.50. The lowest BCUT2D eigenvalue weighted by Crippen LogP contribution is -1.82. The minimum Gasteiger partial charge on any atom is -0.422 e. The Morgan fingerprint density at radius 2 is 2.08 bits per heavy atom. The van der Waals surface area contributed by atoms with Gasteiger partial charge in [0.25, 0.3) is 6.01 Å². The van der Waals surface area contributed by atoms with Crippen molar-refractivity contribution in [1.29, 1.82) is 0 Å². The fourth-order valence-electron chi connectivity index (χ4n) is 0.928. The van der Waals surface area contributed by atoms with Gasteiger partial charge in [0.2, 0.25) is 0 Å². The lowest BCUT2D eigenvalue weighted by molar-refractivity contribution is 0.590. The highest BCUT2D eigenvalue weighted by atomic mass is 19.1. The van der Waals surface area contributed by atoms with E-state index < -0.39 is 5.82 Å². The van der Waals surface area contributed by atoms with Crippen LogP contribution in [0, 0.1) is 5.82 Å². The molecule has 0 saturated heterocycles. The summed E-state index contributed by atoms with van der Waals surface area (Å²) in [7, 11) is 0. The number of aromatic nitrogens is 2. The first-order valence-electron chi connectivity index (χ1n) is 3.59. The molecule has 2 aromatic heterocycles. The number of anilines is 1. The summed E-state index contributed by atoms with van der Waals surface area (Å²) in [5, 5.41) is 0. The van der Waals surface area contributed by atoms with Crippen LogP contribution in [-0.4, -0.2) is 9.97 Å². The molecule has 0 aliphatic carbocycles. The number of rotatable bonds is 1. The average molecular weight is 179 g/mol. The Bertz CT molecular complexity index is 410. The van der Waals surface area contributed by atoms with Gasteiger partial charge in [-0.15, -0.1) is 0 Å². The fraction of sp³-hybridized carbons (Fsp3) is 0. The van der Waals surface area contributed by atoms with Gasteiger partial charge < -0.3 is 10.2 Å². The fourth-order valence-corrected chi connectivity index (χ4v) is 0.928. The van der Waals surface area contributed by atoms with E-state index in [0.29, 0.717) is 11.5 Å². The minimum absolute atomic E-state index is 0.0705. The van der Waals surface area contributed by atoms with Gasteiger partial charge >= 0.3 is 0 Å². The van der Waals surface area contributed by atoms with E-state index in [1.165, 1.54) is 18.3 Å². The van der Waals surface area contributed by atoms with Gasteiger partial charge in [0.15, 0.2) is 5.76 Å². The normalized spacial score (nSPS) is 10.2. The summed E-state index contributed by atoms with van der Waals surface area (Å²) in [6, 6.07) is 2.86. The second-order valence-corrected chi connectivity index (χ2v) is 2.42. The number of oxazole rings is 1. The molecule has 2 aromatic rings. The van der Waals surface area contributed by atoms with E-state index in [9.17, 15) is 4.39 Å². The number of pyridine rings is 1. The summed E-state index contributed by atoms with van der Waals surface area (Å²) in [6.45, 7) is 0. The van der Waals surface area contributed by atoms with Crippen LogP contribution in [0.5, 0.6) is 0 Å². The van der Waals surface area contributed by atoms with Crippen molar-refractivity contribution in [3.8, 4) is 11.5 Å². The van der Waals surface area contributed by atoms with Crippen molar-refractivity contribution in [3.63, 3.8) is 0 Å². The monoisotopic (exact) mass is 179 g/mol. The number of hydrogen-bond acceptors (Lipinski definition) is 4. The maximum absolute atomic E-state index is 12.5. The molecule has 0 saturated carbocycles. The molecule has 4 nitrogen and oxygen atoms in total. The minimum atomic E-state index is -0.392. The van der Waals surface area contributed by atoms with Crippen LogP contribution in [0.2, 0.25) is 0 Å². The second kappa shape index (κ2) is 2.85. The molecule has 0 unspecified atom stereocenters. The van der Waals surface area contributed by atoms with Crippen LogP contribution < -0.4 is 5.73 Å². The molecule has 2 N–H and O–H groups in total. The van der Waals surface area contributed by atoms with Crippen molar-refractivity contribution < 1.29 is 8.81 Å². The molecule has 0 radical (unpaired) electrons. The van der Waals surface area contributed by atoms with Gasteiger partial charge in [-0.25, -0.2) is 14.4 Å². The molecule has 0 aliphatic heterocycles. The molecule has 2 rings (SSSR count). The van der Waals surface area contributed by atoms with E-state index in [2.05, 4.69) is 9.97 Å². The summed E-state index contributed by atoms with van der Waals surface area (Å²) in [5.74, 6) is 0.0359. The topological polar surface area (TPSA) is 64.9 Å². The molecular formula is C8H6FN3O. The smallest absolute Gasteiger partial charge is 0.292 e. The zero-order valence-corrected chi connectivity index (χ0v) is 6.57. The largest absolute Gasteiger partial charge is 0.422 e. The Balaban J connectivity index is 2.41. The van der Waals surface area contributed by atoms with E-state index in [-0.39, 0.29) is 6.01 Å². The lowest BCUT2D eigenvalue weighted by Gasteiger charge is -1.92. The second-order valence-electron chi connectivity index (χ2n) is 2.42. The first-order valence-corrected chi connectivity index (χ1v) is 3.59. The highest BCUT2D eigenvalue weighted by molar-refractivity contribution is 5.51. The van der Waals surface area contributed by atoms with Crippen LogP contribution in [0.15, 0.2) is 28.9 Å². The Morgan fingerprint density at radius 1 is 1.23 bits per heavy atom. The summed E-state index contributed by atoms with van der Waals surface area (Å²) in [5.41, 5.74) is 5.77. The van der Waals surface area contributed by atoms with Crippen LogP contribution >= 0.6 is 0 Å². The van der Waals surface area contributed by atoms with Crippen molar-refractivity contribution in [2.45, 2.75) is 0 Å². The van der Waals surface area contributed by atoms with Crippen LogP contribution in [0.25, 0.3) is 11.5 Å². The number of hydrogen-bond donors (Lipinski definition) is 1. The molecule has 13 heavy (non-hydrogen) atoms. The number of halogens is 1. The van der Waals surface area contributed by atoms with Gasteiger partial charge in [-0.3, -0.25) is 0 Å². The Labute approximate surface area is 73.2 Å². The van der Waals surface area contributed by atoms with Crippen LogP contribution in [0.3, 0.4) is 0 Å². The van der Waals surface area contributed by atoms with Gasteiger partial charge in [0, 0.05) is 0 Å². The van der Waals surface area contributed by atoms with Crippen LogP contribution in [0.1, 0.15) is 0 Å². The zero-order chi connectivity index (χ0) is 9.26. The molecule has 0 aromatic carbocycles. The van der Waals surface area contributed by atoms with Crippen molar-refractivity contribution in [2.75, 3.05) is 5.73 Å². The third kappa shape index (κ3) is 1.48. The molecule has 2 heterocycles. The highest BCUT2D eigenvalue weighted by Gasteiger charge is 2.04. The third-order valence-electron chi connectivity index (χ3n) is 1.50. The van der Waals surface area contributed by atoms with E-state index in [1.54, 1.807) is 0 Å². The Kier molecular flexibility index (Phi) is 1.70. The summed E-state index contributed by atoms with van der Waals surface area (Å²) in [6.07, 6.45) is 2.55. The molecular weight excluding hydrogens is 173 g/mol.